The molecule has 78 valence electrons. The van der Waals surface area contributed by atoms with Crippen molar-refractivity contribution in [3.05, 3.63) is 23.5 Å². The fraction of sp³-hybridized carbons (Fsp3) is 0.600. The van der Waals surface area contributed by atoms with E-state index in [-0.39, 0.29) is 0 Å². The van der Waals surface area contributed by atoms with Crippen molar-refractivity contribution in [3.8, 4) is 0 Å². The second-order valence-corrected chi connectivity index (χ2v) is 5.44. The summed E-state index contributed by atoms with van der Waals surface area (Å²) in [7, 11) is 3.65. The summed E-state index contributed by atoms with van der Waals surface area (Å²) in [5, 5.41) is 0. The number of allylic oxidation sites excluding steroid dienone is 2. The lowest BCUT2D eigenvalue weighted by Crippen LogP contribution is -2.09. The molecule has 3 nitrogen and oxygen atoms in total. The Bertz CT molecular complexity index is 262. The van der Waals surface area contributed by atoms with Crippen LogP contribution in [-0.2, 0) is 4.52 Å². The van der Waals surface area contributed by atoms with Gasteiger partial charge in [0.05, 0.1) is 18.0 Å². The maximum atomic E-state index is 5.75. The van der Waals surface area contributed by atoms with Crippen molar-refractivity contribution in [2.75, 3.05) is 20.7 Å². The molecule has 0 radical (unpaired) electrons. The van der Waals surface area contributed by atoms with Crippen molar-refractivity contribution in [2.24, 2.45) is 0 Å². The first kappa shape index (κ1) is 10.0. The Hall–Kier alpha value is -0.530. The third kappa shape index (κ3) is 1.45. The van der Waals surface area contributed by atoms with Crippen LogP contribution in [0.2, 0.25) is 0 Å². The van der Waals surface area contributed by atoms with Gasteiger partial charge in [-0.1, -0.05) is 12.2 Å². The van der Waals surface area contributed by atoms with Crippen molar-refractivity contribution in [2.45, 2.75) is 19.8 Å². The predicted octanol–water partition coefficient (Wildman–Crippen LogP) is 2.69. The quantitative estimate of drug-likeness (QED) is 0.654. The molecule has 0 aromatic rings. The summed E-state index contributed by atoms with van der Waals surface area (Å²) in [6.07, 6.45) is 6.94. The molecule has 0 spiro atoms. The fourth-order valence-corrected chi connectivity index (χ4v) is 3.64. The monoisotopic (exact) mass is 212 g/mol. The third-order valence-corrected chi connectivity index (χ3v) is 4.51. The molecular weight excluding hydrogens is 195 g/mol. The van der Waals surface area contributed by atoms with E-state index in [1.165, 1.54) is 11.4 Å². The van der Waals surface area contributed by atoms with Gasteiger partial charge in [0, 0.05) is 14.1 Å². The van der Waals surface area contributed by atoms with E-state index in [1.54, 1.807) is 0 Å². The summed E-state index contributed by atoms with van der Waals surface area (Å²) >= 11 is 0. The minimum atomic E-state index is -0.588. The van der Waals surface area contributed by atoms with E-state index in [0.29, 0.717) is 0 Å². The van der Waals surface area contributed by atoms with Gasteiger partial charge in [-0.15, -0.1) is 0 Å². The highest BCUT2D eigenvalue weighted by atomic mass is 31.2. The molecule has 0 aromatic heterocycles. The summed E-state index contributed by atoms with van der Waals surface area (Å²) in [4.78, 5) is 0. The Morgan fingerprint density at radius 2 is 1.71 bits per heavy atom. The van der Waals surface area contributed by atoms with E-state index < -0.39 is 8.45 Å². The predicted molar refractivity (Wildman–Crippen MR) is 59.5 cm³/mol. The highest BCUT2D eigenvalue weighted by Gasteiger charge is 2.36. The van der Waals surface area contributed by atoms with Crippen molar-refractivity contribution >= 4 is 8.45 Å². The highest BCUT2D eigenvalue weighted by molar-refractivity contribution is 7.48. The molecule has 1 saturated heterocycles. The number of hydrogen-bond donors (Lipinski definition) is 0. The summed E-state index contributed by atoms with van der Waals surface area (Å²) in [5.74, 6) is 0. The van der Waals surface area contributed by atoms with Gasteiger partial charge < -0.3 is 13.9 Å². The average Bonchev–Trinajstić information content (AvgIpc) is 2.45. The van der Waals surface area contributed by atoms with Crippen LogP contribution in [-0.4, -0.2) is 30.0 Å². The minimum absolute atomic E-state index is 0.588. The second kappa shape index (κ2) is 3.92. The van der Waals surface area contributed by atoms with Gasteiger partial charge in [-0.2, -0.15) is 0 Å². The summed E-state index contributed by atoms with van der Waals surface area (Å²) in [6.45, 7) is 2.83. The topological polar surface area (TPSA) is 15.7 Å². The van der Waals surface area contributed by atoms with E-state index in [9.17, 15) is 0 Å². The number of nitrogens with zero attached hydrogens (tertiary/aromatic N) is 2. The van der Waals surface area contributed by atoms with Gasteiger partial charge in [-0.3, -0.25) is 0 Å². The molecular formula is C10H17N2OP. The van der Waals surface area contributed by atoms with Crippen molar-refractivity contribution in [3.63, 3.8) is 0 Å². The highest BCUT2D eigenvalue weighted by Crippen LogP contribution is 2.56. The van der Waals surface area contributed by atoms with Crippen molar-refractivity contribution in [1.82, 2.24) is 9.34 Å². The molecule has 0 N–H and O–H groups in total. The summed E-state index contributed by atoms with van der Waals surface area (Å²) in [5.41, 5.74) is 2.69. The van der Waals surface area contributed by atoms with Gasteiger partial charge in [0.2, 0.25) is 8.45 Å². The molecule has 0 atom stereocenters. The maximum Gasteiger partial charge on any atom is 0.248 e. The van der Waals surface area contributed by atoms with Crippen molar-refractivity contribution < 1.29 is 4.52 Å². The zero-order valence-corrected chi connectivity index (χ0v) is 9.92. The molecule has 0 aromatic carbocycles. The standard InChI is InChI=1S/C10H17N2OP/c1-4-13-14-11(2)9-7-5-6-8-10(9)12(14)3/h7-8H,4-6H2,1-3H3. The Kier molecular flexibility index (Phi) is 2.80. The first-order valence-corrected chi connectivity index (χ1v) is 6.23. The maximum absolute atomic E-state index is 5.75. The molecule has 0 saturated carbocycles. The Labute approximate surface area is 87.0 Å². The van der Waals surface area contributed by atoms with Crippen LogP contribution in [0.3, 0.4) is 0 Å². The van der Waals surface area contributed by atoms with E-state index in [1.807, 2.05) is 0 Å². The van der Waals surface area contributed by atoms with Gasteiger partial charge in [0.25, 0.3) is 0 Å². The van der Waals surface area contributed by atoms with E-state index >= 15 is 0 Å². The normalized spacial score (nSPS) is 22.2. The van der Waals surface area contributed by atoms with Crippen LogP contribution < -0.4 is 0 Å². The summed E-state index contributed by atoms with van der Waals surface area (Å²) < 4.78 is 10.3. The van der Waals surface area contributed by atoms with Crippen molar-refractivity contribution in [1.29, 1.82) is 0 Å². The number of rotatable bonds is 2. The Morgan fingerprint density at radius 3 is 2.14 bits per heavy atom. The molecule has 2 aliphatic rings. The van der Waals surface area contributed by atoms with Gasteiger partial charge in [0.15, 0.2) is 0 Å². The van der Waals surface area contributed by atoms with Crippen LogP contribution in [0.15, 0.2) is 23.5 Å². The molecule has 1 heterocycles. The zero-order valence-electron chi connectivity index (χ0n) is 9.03. The fourth-order valence-electron chi connectivity index (χ4n) is 1.92. The van der Waals surface area contributed by atoms with E-state index in [4.69, 9.17) is 4.52 Å². The van der Waals surface area contributed by atoms with Crippen LogP contribution in [0, 0.1) is 0 Å². The van der Waals surface area contributed by atoms with Crippen LogP contribution in [0.1, 0.15) is 19.8 Å². The zero-order chi connectivity index (χ0) is 10.1. The van der Waals surface area contributed by atoms with Gasteiger partial charge in [0.1, 0.15) is 0 Å². The number of hydrogen-bond acceptors (Lipinski definition) is 3. The van der Waals surface area contributed by atoms with Gasteiger partial charge in [-0.25, -0.2) is 0 Å². The van der Waals surface area contributed by atoms with E-state index in [2.05, 4.69) is 42.5 Å². The van der Waals surface area contributed by atoms with Gasteiger partial charge in [-0.05, 0) is 19.8 Å². The second-order valence-electron chi connectivity index (χ2n) is 3.47. The smallest absolute Gasteiger partial charge is 0.248 e. The Balaban J connectivity index is 2.25. The Morgan fingerprint density at radius 1 is 1.21 bits per heavy atom. The third-order valence-electron chi connectivity index (χ3n) is 2.56. The van der Waals surface area contributed by atoms with Crippen LogP contribution in [0.5, 0.6) is 0 Å². The minimum Gasteiger partial charge on any atom is -0.323 e. The van der Waals surface area contributed by atoms with E-state index in [0.717, 1.165) is 19.4 Å². The number of likely N-dealkylation sites (N-methyl/N-ethyl adjacent to an activating group) is 2. The van der Waals surface area contributed by atoms with Crippen LogP contribution in [0.4, 0.5) is 0 Å². The lowest BCUT2D eigenvalue weighted by atomic mass is 10.1. The molecule has 0 unspecified atom stereocenters. The molecule has 1 aliphatic carbocycles. The summed E-state index contributed by atoms with van der Waals surface area (Å²) in [6, 6.07) is 0. The molecule has 14 heavy (non-hydrogen) atoms. The largest absolute Gasteiger partial charge is 0.323 e. The van der Waals surface area contributed by atoms with Crippen LogP contribution in [0.25, 0.3) is 0 Å². The first-order valence-electron chi connectivity index (χ1n) is 5.06. The molecule has 4 heteroatoms. The molecule has 1 aliphatic heterocycles. The molecule has 1 fully saturated rings. The SMILES string of the molecule is CCOP1N(C)C2=CCCC=C2N1C. The molecule has 2 rings (SSSR count). The average molecular weight is 212 g/mol. The molecule has 0 amide bonds. The van der Waals surface area contributed by atoms with Crippen LogP contribution >= 0.6 is 8.45 Å². The lowest BCUT2D eigenvalue weighted by molar-refractivity contribution is 0.336. The lowest BCUT2D eigenvalue weighted by Gasteiger charge is -2.23. The first-order chi connectivity index (χ1) is 6.75. The van der Waals surface area contributed by atoms with Gasteiger partial charge >= 0.3 is 0 Å². The molecule has 0 bridgehead atoms. The number of fused-ring (bicyclic) bond motifs is 1.